The number of methoxy groups -OCH3 is 3. The van der Waals surface area contributed by atoms with Gasteiger partial charge in [-0.05, 0) is 25.7 Å². The zero-order valence-corrected chi connectivity index (χ0v) is 26.8. The minimum absolute atomic E-state index is 0.0737. The van der Waals surface area contributed by atoms with E-state index in [1.165, 1.54) is 13.5 Å². The van der Waals surface area contributed by atoms with Crippen molar-refractivity contribution < 1.29 is 28.6 Å². The van der Waals surface area contributed by atoms with Crippen LogP contribution in [-0.2, 0) is 28.6 Å². The predicted octanol–water partition coefficient (Wildman–Crippen LogP) is 4.51. The van der Waals surface area contributed by atoms with Gasteiger partial charge in [0.05, 0.1) is 50.3 Å². The quantitative estimate of drug-likeness (QED) is 0.358. The Labute approximate surface area is 234 Å². The highest BCUT2D eigenvalue weighted by Crippen LogP contribution is 2.29. The number of carbonyl (C=O) groups excluding carboxylic acids is 3. The van der Waals surface area contributed by atoms with Crippen molar-refractivity contribution in [2.75, 3.05) is 41.5 Å². The third kappa shape index (κ3) is 12.9. The molecule has 0 spiro atoms. The summed E-state index contributed by atoms with van der Waals surface area (Å²) in [5.74, 6) is -0.994. The molecule has 0 aromatic rings. The summed E-state index contributed by atoms with van der Waals surface area (Å²) >= 11 is 0. The molecule has 1 aliphatic heterocycles. The van der Waals surface area contributed by atoms with E-state index >= 15 is 0 Å². The molecule has 228 valence electrons. The summed E-state index contributed by atoms with van der Waals surface area (Å²) < 4.78 is 16.2. The summed E-state index contributed by atoms with van der Waals surface area (Å²) in [5.41, 5.74) is 5.57. The number of hydrogen-bond donors (Lipinski definition) is 1. The van der Waals surface area contributed by atoms with Gasteiger partial charge in [0.25, 0.3) is 0 Å². The average Bonchev–Trinajstić information content (AvgIpc) is 3.43. The fourth-order valence-electron chi connectivity index (χ4n) is 4.64. The number of rotatable bonds is 12. The van der Waals surface area contributed by atoms with Gasteiger partial charge in [-0.2, -0.15) is 0 Å². The molecule has 38 heavy (non-hydrogen) atoms. The van der Waals surface area contributed by atoms with E-state index in [1.807, 2.05) is 41.5 Å². The summed E-state index contributed by atoms with van der Waals surface area (Å²) in [4.78, 5) is 41.1. The van der Waals surface area contributed by atoms with Crippen molar-refractivity contribution in [3.8, 4) is 0 Å². The lowest BCUT2D eigenvalue weighted by Gasteiger charge is -2.39. The molecule has 2 N–H and O–H groups in total. The van der Waals surface area contributed by atoms with Gasteiger partial charge in [-0.15, -0.1) is 0 Å². The van der Waals surface area contributed by atoms with E-state index in [0.717, 1.165) is 19.3 Å². The highest BCUT2D eigenvalue weighted by atomic mass is 16.5. The van der Waals surface area contributed by atoms with Crippen LogP contribution in [0.5, 0.6) is 0 Å². The van der Waals surface area contributed by atoms with Crippen LogP contribution in [0.2, 0.25) is 0 Å². The first kappa shape index (κ1) is 40.8. The predicted molar refractivity (Wildman–Crippen MR) is 156 cm³/mol. The van der Waals surface area contributed by atoms with Crippen molar-refractivity contribution in [3.05, 3.63) is 0 Å². The molecule has 0 bridgehead atoms. The van der Waals surface area contributed by atoms with Crippen LogP contribution >= 0.6 is 0 Å². The highest BCUT2D eigenvalue weighted by Gasteiger charge is 2.42. The molecule has 0 saturated carbocycles. The van der Waals surface area contributed by atoms with Crippen molar-refractivity contribution >= 4 is 17.8 Å². The topological polar surface area (TPSA) is 111 Å². The Bertz CT molecular complexity index is 619. The van der Waals surface area contributed by atoms with E-state index in [0.29, 0.717) is 6.54 Å². The van der Waals surface area contributed by atoms with E-state index in [4.69, 9.17) is 19.9 Å². The summed E-state index contributed by atoms with van der Waals surface area (Å²) in [5, 5.41) is 0. The molecule has 1 heterocycles. The number of nitrogens with zero attached hydrogens (tertiary/aromatic N) is 2. The molecular weight excluding hydrogens is 486 g/mol. The van der Waals surface area contributed by atoms with Gasteiger partial charge in [-0.1, -0.05) is 68.2 Å². The van der Waals surface area contributed by atoms with Crippen LogP contribution in [-0.4, -0.2) is 93.3 Å². The smallest absolute Gasteiger partial charge is 0.311 e. The molecule has 1 fully saturated rings. The lowest BCUT2D eigenvalue weighted by Crippen LogP contribution is -2.53. The molecule has 0 aliphatic carbocycles. The van der Waals surface area contributed by atoms with Crippen LogP contribution in [0.3, 0.4) is 0 Å². The Morgan fingerprint density at radius 3 is 1.92 bits per heavy atom. The van der Waals surface area contributed by atoms with E-state index in [-0.39, 0.29) is 48.8 Å². The van der Waals surface area contributed by atoms with E-state index in [2.05, 4.69) is 13.8 Å². The summed E-state index contributed by atoms with van der Waals surface area (Å²) in [6, 6.07) is -0.488. The molecule has 1 aliphatic rings. The van der Waals surface area contributed by atoms with Crippen LogP contribution in [0, 0.1) is 11.8 Å². The third-order valence-electron chi connectivity index (χ3n) is 6.64. The largest absolute Gasteiger partial charge is 0.469 e. The molecule has 0 radical (unpaired) electrons. The Morgan fingerprint density at radius 2 is 1.53 bits per heavy atom. The molecule has 9 nitrogen and oxygen atoms in total. The second-order valence-corrected chi connectivity index (χ2v) is 9.08. The SMILES string of the molecule is CC.CC.CCC.CCC(C)C(C(CC(=O)N1CCCC1C(OC)C(C)C(=O)OC)OC)N(C)C(=O)CN. The van der Waals surface area contributed by atoms with Gasteiger partial charge >= 0.3 is 5.97 Å². The third-order valence-corrected chi connectivity index (χ3v) is 6.64. The zero-order valence-electron chi connectivity index (χ0n) is 26.8. The lowest BCUT2D eigenvalue weighted by atomic mass is 9.90. The maximum absolute atomic E-state index is 13.3. The van der Waals surface area contributed by atoms with Gasteiger partial charge in [0, 0.05) is 27.8 Å². The zero-order chi connectivity index (χ0) is 30.4. The Hall–Kier alpha value is -1.71. The second kappa shape index (κ2) is 24.3. The van der Waals surface area contributed by atoms with E-state index in [9.17, 15) is 14.4 Å². The number of hydrogen-bond acceptors (Lipinski definition) is 7. The molecule has 1 saturated heterocycles. The Balaban J connectivity index is -0.00000159. The number of likely N-dealkylation sites (tertiary alicyclic amines) is 1. The van der Waals surface area contributed by atoms with Crippen molar-refractivity contribution in [3.63, 3.8) is 0 Å². The standard InChI is InChI=1S/C22H41N3O6.C3H8.2C2H6/c1-8-14(2)20(24(4)19(27)13-23)17(29-5)12-18(26)25-11-9-10-16(25)21(30-6)15(3)22(28)31-7;1-3-2;2*1-2/h14-17,20-21H,8-13,23H2,1-7H3;3H2,1-2H3;2*1-2H3. The molecular formula is C29H61N3O6. The van der Waals surface area contributed by atoms with Crippen molar-refractivity contribution in [2.45, 2.75) is 119 Å². The first-order chi connectivity index (χ1) is 18.1. The molecule has 0 aromatic heterocycles. The molecule has 6 unspecified atom stereocenters. The number of amides is 2. The highest BCUT2D eigenvalue weighted by molar-refractivity contribution is 5.79. The van der Waals surface area contributed by atoms with Crippen molar-refractivity contribution in [1.29, 1.82) is 0 Å². The fraction of sp³-hybridized carbons (Fsp3) is 0.897. The number of likely N-dealkylation sites (N-methyl/N-ethyl adjacent to an activating group) is 1. The molecule has 9 heteroatoms. The van der Waals surface area contributed by atoms with Gasteiger partial charge < -0.3 is 29.7 Å². The molecule has 6 atom stereocenters. The first-order valence-electron chi connectivity index (χ1n) is 14.5. The summed E-state index contributed by atoms with van der Waals surface area (Å²) in [6.07, 6.45) is 2.88. The monoisotopic (exact) mass is 547 g/mol. The minimum Gasteiger partial charge on any atom is -0.469 e. The summed E-state index contributed by atoms with van der Waals surface area (Å²) in [6.45, 7) is 18.6. The Kier molecular flexibility index (Phi) is 26.1. The second-order valence-electron chi connectivity index (χ2n) is 9.08. The van der Waals surface area contributed by atoms with Crippen LogP contribution in [0.25, 0.3) is 0 Å². The summed E-state index contributed by atoms with van der Waals surface area (Å²) in [7, 11) is 6.17. The fourth-order valence-corrected chi connectivity index (χ4v) is 4.64. The van der Waals surface area contributed by atoms with Gasteiger partial charge in [0.2, 0.25) is 11.8 Å². The van der Waals surface area contributed by atoms with E-state index < -0.39 is 18.1 Å². The number of ether oxygens (including phenoxy) is 3. The number of esters is 1. The van der Waals surface area contributed by atoms with Gasteiger partial charge in [-0.3, -0.25) is 14.4 Å². The van der Waals surface area contributed by atoms with Crippen molar-refractivity contribution in [2.24, 2.45) is 17.6 Å². The number of nitrogens with two attached hydrogens (primary N) is 1. The van der Waals surface area contributed by atoms with Crippen LogP contribution < -0.4 is 5.73 Å². The molecule has 1 rings (SSSR count). The molecule has 2 amide bonds. The maximum atomic E-state index is 13.3. The maximum Gasteiger partial charge on any atom is 0.311 e. The van der Waals surface area contributed by atoms with Gasteiger partial charge in [0.15, 0.2) is 0 Å². The normalized spacial score (nSPS) is 18.1. The van der Waals surface area contributed by atoms with Gasteiger partial charge in [-0.25, -0.2) is 0 Å². The van der Waals surface area contributed by atoms with Gasteiger partial charge in [0.1, 0.15) is 0 Å². The van der Waals surface area contributed by atoms with Crippen molar-refractivity contribution in [1.82, 2.24) is 9.80 Å². The lowest BCUT2D eigenvalue weighted by molar-refractivity contribution is -0.154. The first-order valence-corrected chi connectivity index (χ1v) is 14.5. The van der Waals surface area contributed by atoms with Crippen LogP contribution in [0.4, 0.5) is 0 Å². The number of carbonyl (C=O) groups is 3. The minimum atomic E-state index is -0.493. The average molecular weight is 548 g/mol. The molecule has 0 aromatic carbocycles. The van der Waals surface area contributed by atoms with E-state index in [1.54, 1.807) is 38.0 Å². The van der Waals surface area contributed by atoms with Crippen LogP contribution in [0.1, 0.15) is 94.4 Å². The Morgan fingerprint density at radius 1 is 1.00 bits per heavy atom. The van der Waals surface area contributed by atoms with Crippen LogP contribution in [0.15, 0.2) is 0 Å².